The third-order valence-corrected chi connectivity index (χ3v) is 5.20. The Morgan fingerprint density at radius 2 is 2.00 bits per heavy atom. The number of ether oxygens (including phenoxy) is 1. The fourth-order valence-electron chi connectivity index (χ4n) is 2.07. The van der Waals surface area contributed by atoms with Crippen LogP contribution in [0.25, 0.3) is 9.88 Å². The van der Waals surface area contributed by atoms with Crippen LogP contribution in [0, 0.1) is 0 Å². The van der Waals surface area contributed by atoms with E-state index in [1.165, 1.54) is 5.56 Å². The molecule has 108 valence electrons. The zero-order chi connectivity index (χ0) is 14.7. The molecule has 1 atom stereocenters. The lowest BCUT2D eigenvalue weighted by Crippen LogP contribution is -2.17. The molecular weight excluding hydrogens is 302 g/mol. The second kappa shape index (κ2) is 6.34. The van der Waals surface area contributed by atoms with E-state index in [2.05, 4.69) is 27.6 Å². The first-order chi connectivity index (χ1) is 10.3. The van der Waals surface area contributed by atoms with Gasteiger partial charge in [0, 0.05) is 11.4 Å². The zero-order valence-electron chi connectivity index (χ0n) is 11.7. The predicted molar refractivity (Wildman–Crippen MR) is 87.1 cm³/mol. The Morgan fingerprint density at radius 1 is 1.19 bits per heavy atom. The summed E-state index contributed by atoms with van der Waals surface area (Å²) in [6, 6.07) is 12.3. The molecule has 0 fully saturated rings. The van der Waals surface area contributed by atoms with Gasteiger partial charge >= 0.3 is 0 Å². The maximum Gasteiger partial charge on any atom is 0.158 e. The molecule has 3 aromatic rings. The molecule has 0 aliphatic carbocycles. The molecule has 6 heteroatoms. The van der Waals surface area contributed by atoms with Crippen LogP contribution in [0.3, 0.4) is 0 Å². The molecule has 2 heterocycles. The van der Waals surface area contributed by atoms with Crippen molar-refractivity contribution in [2.45, 2.75) is 6.04 Å². The zero-order valence-corrected chi connectivity index (χ0v) is 13.4. The second-order valence-electron chi connectivity index (χ2n) is 4.43. The van der Waals surface area contributed by atoms with Gasteiger partial charge in [-0.1, -0.05) is 41.7 Å². The maximum absolute atomic E-state index is 5.22. The van der Waals surface area contributed by atoms with E-state index in [9.17, 15) is 0 Å². The number of aromatic nitrogens is 2. The quantitative estimate of drug-likeness (QED) is 0.781. The third-order valence-electron chi connectivity index (χ3n) is 3.13. The molecule has 0 aliphatic heterocycles. The van der Waals surface area contributed by atoms with Gasteiger partial charge in [0.2, 0.25) is 0 Å². The van der Waals surface area contributed by atoms with Crippen LogP contribution in [0.2, 0.25) is 0 Å². The largest absolute Gasteiger partial charge is 0.496 e. The third kappa shape index (κ3) is 2.97. The summed E-state index contributed by atoms with van der Waals surface area (Å²) >= 11 is 3.23. The number of hydrogen-bond acceptors (Lipinski definition) is 6. The Labute approximate surface area is 131 Å². The Kier molecular flexibility index (Phi) is 4.28. The predicted octanol–water partition coefficient (Wildman–Crippen LogP) is 3.58. The molecule has 21 heavy (non-hydrogen) atoms. The number of thiophene rings is 1. The van der Waals surface area contributed by atoms with E-state index in [4.69, 9.17) is 4.74 Å². The summed E-state index contributed by atoms with van der Waals surface area (Å²) in [5, 5.41) is 15.8. The van der Waals surface area contributed by atoms with Crippen molar-refractivity contribution in [2.24, 2.45) is 0 Å². The van der Waals surface area contributed by atoms with E-state index >= 15 is 0 Å². The van der Waals surface area contributed by atoms with Gasteiger partial charge in [-0.15, -0.1) is 21.5 Å². The van der Waals surface area contributed by atoms with Gasteiger partial charge in [0.25, 0.3) is 0 Å². The van der Waals surface area contributed by atoms with E-state index in [0.29, 0.717) is 0 Å². The average molecular weight is 317 g/mol. The topological polar surface area (TPSA) is 47.0 Å². The van der Waals surface area contributed by atoms with E-state index in [-0.39, 0.29) is 6.04 Å². The molecule has 0 bridgehead atoms. The highest BCUT2D eigenvalue weighted by Crippen LogP contribution is 2.35. The lowest BCUT2D eigenvalue weighted by atomic mass is 10.1. The highest BCUT2D eigenvalue weighted by atomic mass is 32.1. The van der Waals surface area contributed by atoms with Crippen molar-refractivity contribution in [3.63, 3.8) is 0 Å². The van der Waals surface area contributed by atoms with Crippen LogP contribution in [-0.2, 0) is 0 Å². The van der Waals surface area contributed by atoms with Crippen LogP contribution in [0.5, 0.6) is 5.75 Å². The summed E-state index contributed by atoms with van der Waals surface area (Å²) in [6.45, 7) is 0. The van der Waals surface area contributed by atoms with Gasteiger partial charge in [-0.2, -0.15) is 0 Å². The minimum atomic E-state index is 0.0688. The van der Waals surface area contributed by atoms with Gasteiger partial charge < -0.3 is 10.1 Å². The number of hydrogen-bond donors (Lipinski definition) is 1. The Balaban J connectivity index is 1.90. The first-order valence-corrected chi connectivity index (χ1v) is 8.20. The fraction of sp³-hybridized carbons (Fsp3) is 0.200. The highest BCUT2D eigenvalue weighted by molar-refractivity contribution is 7.21. The molecule has 0 spiro atoms. The maximum atomic E-state index is 5.22. The van der Waals surface area contributed by atoms with Crippen LogP contribution in [0.1, 0.15) is 16.6 Å². The molecule has 0 amide bonds. The van der Waals surface area contributed by atoms with E-state index < -0.39 is 0 Å². The first kappa shape index (κ1) is 14.2. The molecular formula is C15H15N3OS2. The standard InChI is InChI=1S/C15H15N3OS2/c1-16-13(10-6-4-3-5-7-10)15-18-17-14(21-15)12-8-11(19-2)9-20-12/h3-9,13,16H,1-2H3. The van der Waals surface area contributed by atoms with Crippen molar-refractivity contribution in [3.05, 3.63) is 52.3 Å². The molecule has 0 radical (unpaired) electrons. The van der Waals surface area contributed by atoms with Gasteiger partial charge in [-0.05, 0) is 12.6 Å². The average Bonchev–Trinajstić information content (AvgIpc) is 3.18. The van der Waals surface area contributed by atoms with Gasteiger partial charge in [0.1, 0.15) is 10.8 Å². The van der Waals surface area contributed by atoms with Crippen LogP contribution in [-0.4, -0.2) is 24.4 Å². The summed E-state index contributed by atoms with van der Waals surface area (Å²) < 4.78 is 5.22. The molecule has 1 aromatic carbocycles. The second-order valence-corrected chi connectivity index (χ2v) is 6.35. The van der Waals surface area contributed by atoms with Crippen molar-refractivity contribution < 1.29 is 4.74 Å². The van der Waals surface area contributed by atoms with Crippen molar-refractivity contribution in [3.8, 4) is 15.6 Å². The minimum Gasteiger partial charge on any atom is -0.496 e. The molecule has 4 nitrogen and oxygen atoms in total. The molecule has 2 aromatic heterocycles. The van der Waals surface area contributed by atoms with Crippen LogP contribution >= 0.6 is 22.7 Å². The number of rotatable bonds is 5. The number of nitrogens with zero attached hydrogens (tertiary/aromatic N) is 2. The molecule has 0 saturated heterocycles. The van der Waals surface area contributed by atoms with Crippen LogP contribution in [0.4, 0.5) is 0 Å². The van der Waals surface area contributed by atoms with E-state index in [1.807, 2.05) is 36.7 Å². The van der Waals surface area contributed by atoms with Crippen molar-refractivity contribution in [1.29, 1.82) is 0 Å². The molecule has 0 aliphatic rings. The summed E-state index contributed by atoms with van der Waals surface area (Å²) in [5.74, 6) is 0.861. The molecule has 1 unspecified atom stereocenters. The Hall–Kier alpha value is -1.76. The minimum absolute atomic E-state index is 0.0688. The SMILES string of the molecule is CNC(c1ccccc1)c1nnc(-c2cc(OC)cs2)s1. The van der Waals surface area contributed by atoms with Gasteiger partial charge in [-0.25, -0.2) is 0 Å². The van der Waals surface area contributed by atoms with Crippen molar-refractivity contribution in [1.82, 2.24) is 15.5 Å². The van der Waals surface area contributed by atoms with Gasteiger partial charge in [0.15, 0.2) is 5.01 Å². The van der Waals surface area contributed by atoms with Gasteiger partial charge in [0.05, 0.1) is 18.0 Å². The Bertz CT molecular complexity index is 709. The fourth-order valence-corrected chi connectivity index (χ4v) is 3.96. The number of benzene rings is 1. The van der Waals surface area contributed by atoms with Crippen LogP contribution < -0.4 is 10.1 Å². The lowest BCUT2D eigenvalue weighted by molar-refractivity contribution is 0.417. The summed E-state index contributed by atoms with van der Waals surface area (Å²) in [5.41, 5.74) is 1.19. The Morgan fingerprint density at radius 3 is 2.67 bits per heavy atom. The number of methoxy groups -OCH3 is 1. The van der Waals surface area contributed by atoms with Crippen molar-refractivity contribution >= 4 is 22.7 Å². The van der Waals surface area contributed by atoms with Crippen LogP contribution in [0.15, 0.2) is 41.8 Å². The monoisotopic (exact) mass is 317 g/mol. The first-order valence-electron chi connectivity index (χ1n) is 6.50. The smallest absolute Gasteiger partial charge is 0.158 e. The molecule has 0 saturated carbocycles. The van der Waals surface area contributed by atoms with Crippen molar-refractivity contribution in [2.75, 3.05) is 14.2 Å². The normalized spacial score (nSPS) is 12.3. The summed E-state index contributed by atoms with van der Waals surface area (Å²) in [4.78, 5) is 1.08. The van der Waals surface area contributed by atoms with E-state index in [0.717, 1.165) is 20.6 Å². The highest BCUT2D eigenvalue weighted by Gasteiger charge is 2.18. The lowest BCUT2D eigenvalue weighted by Gasteiger charge is -2.12. The van der Waals surface area contributed by atoms with Gasteiger partial charge in [-0.3, -0.25) is 0 Å². The van der Waals surface area contributed by atoms with E-state index in [1.54, 1.807) is 29.8 Å². The summed E-state index contributed by atoms with van der Waals surface area (Å²) in [6.07, 6.45) is 0. The molecule has 3 rings (SSSR count). The molecule has 1 N–H and O–H groups in total. The number of nitrogens with one attached hydrogen (secondary N) is 1. The summed E-state index contributed by atoms with van der Waals surface area (Å²) in [7, 11) is 3.61.